The number of alkyl halides is 2. The molecule has 0 radical (unpaired) electrons. The minimum absolute atomic E-state index is 0.0474. The zero-order chi connectivity index (χ0) is 17.1. The van der Waals surface area contributed by atoms with Crippen molar-refractivity contribution in [3.05, 3.63) is 57.1 Å². The Labute approximate surface area is 144 Å². The van der Waals surface area contributed by atoms with Crippen molar-refractivity contribution in [1.82, 2.24) is 4.90 Å². The van der Waals surface area contributed by atoms with Crippen molar-refractivity contribution in [3.8, 4) is 5.75 Å². The average molecular weight is 367 g/mol. The summed E-state index contributed by atoms with van der Waals surface area (Å²) in [6.45, 7) is -3.09. The van der Waals surface area contributed by atoms with E-state index in [0.717, 1.165) is 21.5 Å². The van der Waals surface area contributed by atoms with Crippen LogP contribution in [0.25, 0.3) is 6.08 Å². The highest BCUT2D eigenvalue weighted by molar-refractivity contribution is 8.18. The number of hydrogen-bond donors (Lipinski definition) is 0. The van der Waals surface area contributed by atoms with Crippen molar-refractivity contribution < 1.29 is 23.1 Å². The van der Waals surface area contributed by atoms with Crippen molar-refractivity contribution in [1.29, 1.82) is 0 Å². The molecule has 3 rings (SSSR count). The Balaban J connectivity index is 1.81. The van der Waals surface area contributed by atoms with Crippen LogP contribution in [-0.2, 0) is 11.3 Å². The molecular weight excluding hydrogens is 356 g/mol. The fourth-order valence-corrected chi connectivity index (χ4v) is 3.72. The number of amides is 2. The van der Waals surface area contributed by atoms with Crippen LogP contribution in [0, 0.1) is 0 Å². The summed E-state index contributed by atoms with van der Waals surface area (Å²) in [6.07, 6.45) is 1.65. The normalized spacial score (nSPS) is 16.5. The number of benzene rings is 1. The largest absolute Gasteiger partial charge is 0.434 e. The lowest BCUT2D eigenvalue weighted by molar-refractivity contribution is -0.123. The van der Waals surface area contributed by atoms with Crippen molar-refractivity contribution in [2.75, 3.05) is 0 Å². The molecule has 2 heterocycles. The summed E-state index contributed by atoms with van der Waals surface area (Å²) in [7, 11) is 0. The van der Waals surface area contributed by atoms with E-state index in [4.69, 9.17) is 0 Å². The van der Waals surface area contributed by atoms with Gasteiger partial charge in [0.25, 0.3) is 11.1 Å². The van der Waals surface area contributed by atoms with Crippen LogP contribution < -0.4 is 4.74 Å². The molecule has 1 saturated heterocycles. The van der Waals surface area contributed by atoms with Crippen LogP contribution in [-0.4, -0.2) is 22.7 Å². The number of nitrogens with zero attached hydrogens (tertiary/aromatic N) is 1. The predicted molar refractivity (Wildman–Crippen MR) is 88.9 cm³/mol. The fourth-order valence-electron chi connectivity index (χ4n) is 2.15. The highest BCUT2D eigenvalue weighted by Crippen LogP contribution is 2.35. The first kappa shape index (κ1) is 16.7. The van der Waals surface area contributed by atoms with Gasteiger partial charge in [-0.25, -0.2) is 0 Å². The molecule has 2 amide bonds. The van der Waals surface area contributed by atoms with Crippen LogP contribution in [0.15, 0.2) is 46.7 Å². The second kappa shape index (κ2) is 7.14. The Kier molecular flexibility index (Phi) is 4.96. The lowest BCUT2D eigenvalue weighted by atomic mass is 10.2. The molecule has 0 aliphatic carbocycles. The number of hydrogen-bond acceptors (Lipinski definition) is 5. The van der Waals surface area contributed by atoms with Gasteiger partial charge in [-0.1, -0.05) is 24.3 Å². The summed E-state index contributed by atoms with van der Waals surface area (Å²) in [5.74, 6) is -0.487. The molecule has 0 bridgehead atoms. The van der Waals surface area contributed by atoms with Gasteiger partial charge in [0.1, 0.15) is 5.75 Å². The molecule has 0 atom stereocenters. The molecule has 1 aliphatic heterocycles. The maximum atomic E-state index is 12.5. The van der Waals surface area contributed by atoms with Gasteiger partial charge >= 0.3 is 6.61 Å². The third-order valence-corrected chi connectivity index (χ3v) is 4.93. The van der Waals surface area contributed by atoms with Gasteiger partial charge in [-0.3, -0.25) is 14.5 Å². The van der Waals surface area contributed by atoms with Gasteiger partial charge in [0, 0.05) is 10.4 Å². The molecule has 0 N–H and O–H groups in total. The first-order valence-electron chi connectivity index (χ1n) is 6.86. The van der Waals surface area contributed by atoms with Gasteiger partial charge in [-0.05, 0) is 35.4 Å². The second-order valence-corrected chi connectivity index (χ2v) is 6.74. The van der Waals surface area contributed by atoms with Crippen molar-refractivity contribution in [3.63, 3.8) is 0 Å². The zero-order valence-corrected chi connectivity index (χ0v) is 13.8. The quantitative estimate of drug-likeness (QED) is 0.726. The van der Waals surface area contributed by atoms with Gasteiger partial charge in [-0.2, -0.15) is 8.78 Å². The summed E-state index contributed by atoms with van der Waals surface area (Å²) in [5, 5.41) is 1.43. The highest BCUT2D eigenvalue weighted by atomic mass is 32.2. The van der Waals surface area contributed by atoms with E-state index in [0.29, 0.717) is 10.5 Å². The van der Waals surface area contributed by atoms with Crippen LogP contribution >= 0.6 is 23.1 Å². The summed E-state index contributed by atoms with van der Waals surface area (Å²) in [6, 6.07) is 9.79. The van der Waals surface area contributed by atoms with Crippen molar-refractivity contribution in [2.45, 2.75) is 13.2 Å². The maximum absolute atomic E-state index is 12.5. The standard InChI is InChI=1S/C16H11F2NO3S2/c17-15(18)22-12-6-2-1-4-10(12)9-19-14(20)13(24-16(19)21)8-11-5-3-7-23-11/h1-8,15H,9H2/b13-8-. The van der Waals surface area contributed by atoms with E-state index in [1.54, 1.807) is 24.3 Å². The number of rotatable bonds is 5. The van der Waals surface area contributed by atoms with Gasteiger partial charge in [0.15, 0.2) is 0 Å². The first-order valence-corrected chi connectivity index (χ1v) is 8.56. The number of para-hydroxylation sites is 1. The van der Waals surface area contributed by atoms with E-state index in [1.165, 1.54) is 17.4 Å². The lowest BCUT2D eigenvalue weighted by Crippen LogP contribution is -2.27. The van der Waals surface area contributed by atoms with Crippen molar-refractivity contribution >= 4 is 40.3 Å². The lowest BCUT2D eigenvalue weighted by Gasteiger charge is -2.15. The van der Waals surface area contributed by atoms with Crippen LogP contribution in [0.1, 0.15) is 10.4 Å². The molecule has 124 valence electrons. The molecule has 24 heavy (non-hydrogen) atoms. The first-order chi connectivity index (χ1) is 11.5. The van der Waals surface area contributed by atoms with Gasteiger partial charge in [0.05, 0.1) is 11.4 Å². The Bertz CT molecular complexity index is 790. The minimum atomic E-state index is -2.97. The Morgan fingerprint density at radius 3 is 2.67 bits per heavy atom. The topological polar surface area (TPSA) is 46.6 Å². The fraction of sp³-hybridized carbons (Fsp3) is 0.125. The van der Waals surface area contributed by atoms with E-state index in [-0.39, 0.29) is 12.3 Å². The summed E-state index contributed by atoms with van der Waals surface area (Å²) < 4.78 is 29.4. The molecule has 0 saturated carbocycles. The van der Waals surface area contributed by atoms with Crippen LogP contribution in [0.3, 0.4) is 0 Å². The monoisotopic (exact) mass is 367 g/mol. The van der Waals surface area contributed by atoms with E-state index >= 15 is 0 Å². The molecule has 0 unspecified atom stereocenters. The van der Waals surface area contributed by atoms with E-state index in [2.05, 4.69) is 4.74 Å². The molecule has 2 aromatic rings. The molecule has 1 aromatic carbocycles. The highest BCUT2D eigenvalue weighted by Gasteiger charge is 2.35. The maximum Gasteiger partial charge on any atom is 0.387 e. The minimum Gasteiger partial charge on any atom is -0.434 e. The molecule has 1 fully saturated rings. The number of thiophene rings is 1. The number of carbonyl (C=O) groups is 2. The Morgan fingerprint density at radius 2 is 1.96 bits per heavy atom. The van der Waals surface area contributed by atoms with E-state index < -0.39 is 17.8 Å². The van der Waals surface area contributed by atoms with Crippen LogP contribution in [0.2, 0.25) is 0 Å². The summed E-state index contributed by atoms with van der Waals surface area (Å²) >= 11 is 2.29. The number of thioether (sulfide) groups is 1. The molecular formula is C16H11F2NO3S2. The third kappa shape index (κ3) is 3.65. The van der Waals surface area contributed by atoms with E-state index in [1.807, 2.05) is 17.5 Å². The molecule has 1 aliphatic rings. The molecule has 4 nitrogen and oxygen atoms in total. The van der Waals surface area contributed by atoms with E-state index in [9.17, 15) is 18.4 Å². The molecule has 1 aromatic heterocycles. The third-order valence-electron chi connectivity index (χ3n) is 3.21. The van der Waals surface area contributed by atoms with Crippen LogP contribution in [0.4, 0.5) is 13.6 Å². The van der Waals surface area contributed by atoms with Gasteiger partial charge in [-0.15, -0.1) is 11.3 Å². The van der Waals surface area contributed by atoms with Gasteiger partial charge < -0.3 is 4.74 Å². The average Bonchev–Trinajstić information content (AvgIpc) is 3.13. The second-order valence-electron chi connectivity index (χ2n) is 4.77. The SMILES string of the molecule is O=C1S/C(=C\c2cccs2)C(=O)N1Cc1ccccc1OC(F)F. The van der Waals surface area contributed by atoms with Crippen LogP contribution in [0.5, 0.6) is 5.75 Å². The summed E-state index contributed by atoms with van der Waals surface area (Å²) in [5.41, 5.74) is 0.345. The number of imide groups is 1. The predicted octanol–water partition coefficient (Wildman–Crippen LogP) is 4.59. The number of halogens is 2. The Morgan fingerprint density at radius 1 is 1.17 bits per heavy atom. The van der Waals surface area contributed by atoms with Gasteiger partial charge in [0.2, 0.25) is 0 Å². The number of ether oxygens (including phenoxy) is 1. The Hall–Kier alpha value is -2.19. The number of carbonyl (C=O) groups excluding carboxylic acids is 2. The smallest absolute Gasteiger partial charge is 0.387 e. The van der Waals surface area contributed by atoms with Crippen molar-refractivity contribution in [2.24, 2.45) is 0 Å². The summed E-state index contributed by atoms with van der Waals surface area (Å²) in [4.78, 5) is 26.7. The molecule has 8 heteroatoms. The zero-order valence-electron chi connectivity index (χ0n) is 12.1. The molecule has 0 spiro atoms.